The van der Waals surface area contributed by atoms with Crippen LogP contribution >= 0.6 is 0 Å². The van der Waals surface area contributed by atoms with Crippen LogP contribution in [0.4, 0.5) is 5.95 Å². The molecule has 2 aliphatic rings. The van der Waals surface area contributed by atoms with Crippen molar-refractivity contribution in [2.75, 3.05) is 31.1 Å². The fourth-order valence-corrected chi connectivity index (χ4v) is 3.08. The number of hydrogen-bond donors (Lipinski definition) is 1. The van der Waals surface area contributed by atoms with Gasteiger partial charge in [-0.3, -0.25) is 0 Å². The van der Waals surface area contributed by atoms with Gasteiger partial charge < -0.3 is 10.2 Å². The summed E-state index contributed by atoms with van der Waals surface area (Å²) >= 11 is 0. The van der Waals surface area contributed by atoms with Crippen LogP contribution in [-0.4, -0.2) is 41.4 Å². The van der Waals surface area contributed by atoms with E-state index in [2.05, 4.69) is 34.3 Å². The largest absolute Gasteiger partial charge is 0.339 e. The lowest BCUT2D eigenvalue weighted by atomic mass is 10.0. The molecule has 0 spiro atoms. The third-order valence-corrected chi connectivity index (χ3v) is 4.17. The van der Waals surface area contributed by atoms with Gasteiger partial charge in [-0.1, -0.05) is 13.8 Å². The average Bonchev–Trinajstić information content (AvgIpc) is 2.98. The van der Waals surface area contributed by atoms with Crippen molar-refractivity contribution in [3.63, 3.8) is 0 Å². The minimum atomic E-state index is 0.768. The second-order valence-corrected chi connectivity index (χ2v) is 5.30. The molecule has 0 aromatic carbocycles. The van der Waals surface area contributed by atoms with Crippen molar-refractivity contribution in [3.8, 4) is 0 Å². The molecule has 98 valence electrons. The lowest BCUT2D eigenvalue weighted by molar-refractivity contribution is 0.533. The molecular formula is C13H21N5. The van der Waals surface area contributed by atoms with Gasteiger partial charge in [-0.05, 0) is 24.7 Å². The predicted molar refractivity (Wildman–Crippen MR) is 70.6 cm³/mol. The van der Waals surface area contributed by atoms with Crippen LogP contribution in [0.3, 0.4) is 0 Å². The van der Waals surface area contributed by atoms with Gasteiger partial charge in [0.1, 0.15) is 0 Å². The minimum absolute atomic E-state index is 0.768. The highest BCUT2D eigenvalue weighted by Gasteiger charge is 2.37. The molecular weight excluding hydrogens is 226 g/mol. The van der Waals surface area contributed by atoms with Crippen LogP contribution < -0.4 is 10.2 Å². The van der Waals surface area contributed by atoms with Crippen molar-refractivity contribution in [2.45, 2.75) is 26.7 Å². The Bertz CT molecular complexity index is 421. The molecule has 5 nitrogen and oxygen atoms in total. The molecule has 2 aliphatic heterocycles. The molecule has 2 saturated heterocycles. The molecule has 2 atom stereocenters. The van der Waals surface area contributed by atoms with Gasteiger partial charge in [0.25, 0.3) is 0 Å². The van der Waals surface area contributed by atoms with E-state index in [9.17, 15) is 0 Å². The minimum Gasteiger partial charge on any atom is -0.339 e. The smallest absolute Gasteiger partial charge is 0.245 e. The van der Waals surface area contributed by atoms with Gasteiger partial charge in [0.15, 0.2) is 0 Å². The van der Waals surface area contributed by atoms with E-state index in [4.69, 9.17) is 4.98 Å². The van der Waals surface area contributed by atoms with Gasteiger partial charge in [0.05, 0.1) is 11.4 Å². The van der Waals surface area contributed by atoms with E-state index in [1.807, 2.05) is 0 Å². The fourth-order valence-electron chi connectivity index (χ4n) is 3.08. The Kier molecular flexibility index (Phi) is 3.16. The van der Waals surface area contributed by atoms with E-state index in [1.165, 1.54) is 0 Å². The summed E-state index contributed by atoms with van der Waals surface area (Å²) in [5.41, 5.74) is 2.15. The SMILES string of the molecule is CCc1nnc(N2C[C@H]3CNC[C@H]3C2)nc1CC. The quantitative estimate of drug-likeness (QED) is 0.850. The van der Waals surface area contributed by atoms with Crippen LogP contribution in [0.15, 0.2) is 0 Å². The van der Waals surface area contributed by atoms with Crippen molar-refractivity contribution < 1.29 is 0 Å². The highest BCUT2D eigenvalue weighted by molar-refractivity contribution is 5.33. The summed E-state index contributed by atoms with van der Waals surface area (Å²) in [6.07, 6.45) is 1.85. The third-order valence-electron chi connectivity index (χ3n) is 4.17. The summed E-state index contributed by atoms with van der Waals surface area (Å²) in [4.78, 5) is 7.01. The molecule has 18 heavy (non-hydrogen) atoms. The Morgan fingerprint density at radius 3 is 2.33 bits per heavy atom. The van der Waals surface area contributed by atoms with Crippen LogP contribution in [0.2, 0.25) is 0 Å². The molecule has 0 radical (unpaired) electrons. The number of nitrogens with zero attached hydrogens (tertiary/aromatic N) is 4. The van der Waals surface area contributed by atoms with Gasteiger partial charge in [-0.15, -0.1) is 5.10 Å². The molecule has 0 bridgehead atoms. The zero-order chi connectivity index (χ0) is 12.5. The summed E-state index contributed by atoms with van der Waals surface area (Å²) in [5.74, 6) is 2.37. The number of fused-ring (bicyclic) bond motifs is 1. The van der Waals surface area contributed by atoms with Crippen molar-refractivity contribution in [1.82, 2.24) is 20.5 Å². The summed E-state index contributed by atoms with van der Waals surface area (Å²) < 4.78 is 0. The average molecular weight is 247 g/mol. The van der Waals surface area contributed by atoms with Gasteiger partial charge in [-0.25, -0.2) is 4.98 Å². The van der Waals surface area contributed by atoms with Crippen molar-refractivity contribution >= 4 is 5.95 Å². The Hall–Kier alpha value is -1.23. The van der Waals surface area contributed by atoms with Crippen LogP contribution in [-0.2, 0) is 12.8 Å². The van der Waals surface area contributed by atoms with Crippen LogP contribution in [0, 0.1) is 11.8 Å². The normalized spacial score (nSPS) is 26.7. The van der Waals surface area contributed by atoms with E-state index in [0.717, 1.165) is 68.2 Å². The number of hydrogen-bond acceptors (Lipinski definition) is 5. The second kappa shape index (κ2) is 4.80. The van der Waals surface area contributed by atoms with E-state index < -0.39 is 0 Å². The maximum Gasteiger partial charge on any atom is 0.245 e. The standard InChI is InChI=1S/C13H21N5/c1-3-11-12(4-2)16-17-13(15-11)18-7-9-5-14-6-10(9)8-18/h9-10,14H,3-8H2,1-2H3/t9-,10+. The van der Waals surface area contributed by atoms with Crippen LogP contribution in [0.5, 0.6) is 0 Å². The summed E-state index contributed by atoms with van der Waals surface area (Å²) in [7, 11) is 0. The fraction of sp³-hybridized carbons (Fsp3) is 0.769. The number of nitrogens with one attached hydrogen (secondary N) is 1. The molecule has 1 aromatic rings. The van der Waals surface area contributed by atoms with Gasteiger partial charge in [-0.2, -0.15) is 5.10 Å². The topological polar surface area (TPSA) is 53.9 Å². The second-order valence-electron chi connectivity index (χ2n) is 5.30. The zero-order valence-corrected chi connectivity index (χ0v) is 11.2. The molecule has 1 aromatic heterocycles. The number of anilines is 1. The molecule has 2 fully saturated rings. The van der Waals surface area contributed by atoms with Crippen molar-refractivity contribution in [1.29, 1.82) is 0 Å². The third kappa shape index (κ3) is 1.96. The Labute approximate surface area is 108 Å². The maximum atomic E-state index is 4.70. The summed E-state index contributed by atoms with van der Waals surface area (Å²) in [6.45, 7) is 8.68. The van der Waals surface area contributed by atoms with E-state index in [0.29, 0.717) is 0 Å². The monoisotopic (exact) mass is 247 g/mol. The van der Waals surface area contributed by atoms with E-state index in [-0.39, 0.29) is 0 Å². The van der Waals surface area contributed by atoms with Gasteiger partial charge in [0.2, 0.25) is 5.95 Å². The first-order chi connectivity index (χ1) is 8.81. The maximum absolute atomic E-state index is 4.70. The number of aromatic nitrogens is 3. The predicted octanol–water partition coefficient (Wildman–Crippen LogP) is 0.652. The summed E-state index contributed by atoms with van der Waals surface area (Å²) in [5, 5.41) is 12.1. The highest BCUT2D eigenvalue weighted by atomic mass is 15.3. The molecule has 3 rings (SSSR count). The summed E-state index contributed by atoms with van der Waals surface area (Å²) in [6, 6.07) is 0. The Morgan fingerprint density at radius 1 is 1.06 bits per heavy atom. The van der Waals surface area contributed by atoms with Crippen LogP contribution in [0.25, 0.3) is 0 Å². The number of aryl methyl sites for hydroxylation is 2. The van der Waals surface area contributed by atoms with Crippen LogP contribution in [0.1, 0.15) is 25.2 Å². The lowest BCUT2D eigenvalue weighted by Gasteiger charge is -2.17. The first-order valence-electron chi connectivity index (χ1n) is 7.00. The van der Waals surface area contributed by atoms with E-state index in [1.54, 1.807) is 0 Å². The van der Waals surface area contributed by atoms with Gasteiger partial charge >= 0.3 is 0 Å². The van der Waals surface area contributed by atoms with Gasteiger partial charge in [0, 0.05) is 26.2 Å². The van der Waals surface area contributed by atoms with Crippen molar-refractivity contribution in [3.05, 3.63) is 11.4 Å². The highest BCUT2D eigenvalue weighted by Crippen LogP contribution is 2.28. The molecule has 5 heteroatoms. The first-order valence-corrected chi connectivity index (χ1v) is 7.00. The molecule has 3 heterocycles. The zero-order valence-electron chi connectivity index (χ0n) is 11.2. The lowest BCUT2D eigenvalue weighted by Crippen LogP contribution is -2.27. The molecule has 0 unspecified atom stereocenters. The number of rotatable bonds is 3. The van der Waals surface area contributed by atoms with Crippen molar-refractivity contribution in [2.24, 2.45) is 11.8 Å². The Morgan fingerprint density at radius 2 is 1.72 bits per heavy atom. The Balaban J connectivity index is 1.80. The van der Waals surface area contributed by atoms with E-state index >= 15 is 0 Å². The molecule has 1 N–H and O–H groups in total. The molecule has 0 aliphatic carbocycles. The molecule has 0 saturated carbocycles. The first kappa shape index (κ1) is 11.8. The molecule has 0 amide bonds.